The smallest absolute Gasteiger partial charge is 0.294 e. The average molecular weight is 652 g/mol. The third-order valence-electron chi connectivity index (χ3n) is 8.65. The number of ketones is 2. The number of benzene rings is 1. The molecule has 3 aliphatic carbocycles. The van der Waals surface area contributed by atoms with E-state index < -0.39 is 106 Å². The third-order valence-corrected chi connectivity index (χ3v) is 8.65. The molecule has 6 atom stereocenters. The van der Waals surface area contributed by atoms with Crippen LogP contribution in [-0.4, -0.2) is 128 Å². The van der Waals surface area contributed by atoms with Gasteiger partial charge in [0, 0.05) is 24.6 Å². The predicted octanol–water partition coefficient (Wildman–Crippen LogP) is -1.20. The van der Waals surface area contributed by atoms with Gasteiger partial charge in [-0.15, -0.1) is 20.2 Å². The summed E-state index contributed by atoms with van der Waals surface area (Å²) in [7, 11) is 2.79. The van der Waals surface area contributed by atoms with Gasteiger partial charge in [0.25, 0.3) is 16.1 Å². The molecule has 0 aliphatic heterocycles. The minimum Gasteiger partial charge on any atom is -0.508 e. The van der Waals surface area contributed by atoms with Crippen LogP contribution in [0.4, 0.5) is 0 Å². The lowest BCUT2D eigenvalue weighted by Gasteiger charge is -2.53. The van der Waals surface area contributed by atoms with Crippen LogP contribution in [0.5, 0.6) is 5.75 Å². The van der Waals surface area contributed by atoms with Gasteiger partial charge in [-0.25, -0.2) is 0 Å². The first-order valence-corrected chi connectivity index (χ1v) is 14.0. The Balaban J connectivity index is 1.74. The Morgan fingerprint density at radius 3 is 2.20 bits per heavy atom. The van der Waals surface area contributed by atoms with Crippen LogP contribution in [0.1, 0.15) is 24.0 Å². The van der Waals surface area contributed by atoms with Crippen LogP contribution < -0.4 is 5.32 Å². The number of nitrogens with one attached hydrogen (secondary N) is 1. The summed E-state index contributed by atoms with van der Waals surface area (Å²) in [6.07, 6.45) is -1.73. The molecule has 0 saturated heterocycles. The molecule has 1 saturated carbocycles. The zero-order valence-corrected chi connectivity index (χ0v) is 24.9. The summed E-state index contributed by atoms with van der Waals surface area (Å²) < 4.78 is 0. The quantitative estimate of drug-likeness (QED) is 0.0670. The van der Waals surface area contributed by atoms with Crippen molar-refractivity contribution in [1.29, 1.82) is 0 Å². The third kappa shape index (κ3) is 5.68. The van der Waals surface area contributed by atoms with Gasteiger partial charge in [-0.1, -0.05) is 19.1 Å². The average Bonchev–Trinajstić information content (AvgIpc) is 2.97. The maximum Gasteiger partial charge on any atom is 0.294 e. The molecule has 0 bridgehead atoms. The number of Topliss-reactive ketones (excluding diaryl/α,β-unsaturated/α-hetero) is 2. The number of aliphatic hydroxyl groups excluding tert-OH is 3. The minimum atomic E-state index is -3.09. The first kappa shape index (κ1) is 34.0. The molecule has 6 unspecified atom stereocenters. The summed E-state index contributed by atoms with van der Waals surface area (Å²) >= 11 is 0. The van der Waals surface area contributed by atoms with Gasteiger partial charge in [-0.2, -0.15) is 0 Å². The maximum atomic E-state index is 14.1. The lowest BCUT2D eigenvalue weighted by molar-refractivity contribution is -0.758. The topological polar surface area (TPSA) is 276 Å². The largest absolute Gasteiger partial charge is 0.508 e. The van der Waals surface area contributed by atoms with Crippen LogP contribution in [0.15, 0.2) is 35.1 Å². The van der Waals surface area contributed by atoms with Gasteiger partial charge in [0.1, 0.15) is 36.1 Å². The molecule has 4 rings (SSSR count). The molecule has 0 aromatic heterocycles. The molecule has 19 heteroatoms. The van der Waals surface area contributed by atoms with Crippen LogP contribution in [-0.2, 0) is 24.1 Å². The summed E-state index contributed by atoms with van der Waals surface area (Å²) in [6, 6.07) is 2.81. The molecule has 6 N–H and O–H groups in total. The highest BCUT2D eigenvalue weighted by Crippen LogP contribution is 2.56. The zero-order valence-electron chi connectivity index (χ0n) is 24.9. The molecular formula is C27H33N5O14. The normalized spacial score (nSPS) is 27.2. The number of amides is 1. The number of likely N-dealkylation sites (N-methyl/N-ethyl adjacent to an activating group) is 1. The number of carbonyl (C=O) groups is 3. The van der Waals surface area contributed by atoms with Crippen molar-refractivity contribution in [3.8, 4) is 5.75 Å². The van der Waals surface area contributed by atoms with E-state index in [0.29, 0.717) is 5.56 Å². The number of rotatable bonds is 12. The Kier molecular flexibility index (Phi) is 9.52. The van der Waals surface area contributed by atoms with Gasteiger partial charge < -0.3 is 40.5 Å². The molecule has 1 aromatic rings. The SMILES string of the molecule is CC1c2cccc(O)c2C(O)=C2C(=O)C3(O)C(O)=C(C(=O)NCN(CCO[N+](=O)[O-])CCO[N+](=O)[O-])C(=O)C(N(C)C)C3C(O)C21. The van der Waals surface area contributed by atoms with Crippen molar-refractivity contribution in [3.05, 3.63) is 66.5 Å². The minimum absolute atomic E-state index is 0.108. The van der Waals surface area contributed by atoms with Gasteiger partial charge in [0.05, 0.1) is 30.3 Å². The van der Waals surface area contributed by atoms with Crippen LogP contribution in [0.25, 0.3) is 5.76 Å². The second kappa shape index (κ2) is 12.9. The van der Waals surface area contributed by atoms with Crippen molar-refractivity contribution in [2.24, 2.45) is 11.8 Å². The maximum absolute atomic E-state index is 14.1. The number of aromatic hydroxyl groups is 1. The molecule has 3 aliphatic rings. The lowest BCUT2D eigenvalue weighted by Crippen LogP contribution is -2.70. The van der Waals surface area contributed by atoms with Gasteiger partial charge in [0.2, 0.25) is 5.78 Å². The van der Waals surface area contributed by atoms with Gasteiger partial charge in [-0.3, -0.25) is 24.2 Å². The van der Waals surface area contributed by atoms with Crippen molar-refractivity contribution in [2.45, 2.75) is 30.6 Å². The molecule has 46 heavy (non-hydrogen) atoms. The van der Waals surface area contributed by atoms with Crippen LogP contribution in [0.2, 0.25) is 0 Å². The Morgan fingerprint density at radius 1 is 1.07 bits per heavy atom. The summed E-state index contributed by atoms with van der Waals surface area (Å²) in [5.41, 5.74) is -4.35. The van der Waals surface area contributed by atoms with E-state index in [2.05, 4.69) is 15.0 Å². The monoisotopic (exact) mass is 651 g/mol. The van der Waals surface area contributed by atoms with E-state index in [4.69, 9.17) is 0 Å². The van der Waals surface area contributed by atoms with Crippen LogP contribution >= 0.6 is 0 Å². The van der Waals surface area contributed by atoms with E-state index in [1.165, 1.54) is 36.0 Å². The molecule has 0 radical (unpaired) electrons. The number of fused-ring (bicyclic) bond motifs is 3. The van der Waals surface area contributed by atoms with E-state index in [-0.39, 0.29) is 24.4 Å². The fourth-order valence-electron chi connectivity index (χ4n) is 6.59. The van der Waals surface area contributed by atoms with Crippen LogP contribution in [0.3, 0.4) is 0 Å². The van der Waals surface area contributed by atoms with Gasteiger partial charge in [0.15, 0.2) is 11.4 Å². The molecule has 250 valence electrons. The summed E-state index contributed by atoms with van der Waals surface area (Å²) in [5, 5.41) is 77.9. The van der Waals surface area contributed by atoms with Crippen molar-refractivity contribution in [1.82, 2.24) is 15.1 Å². The number of nitrogens with zero attached hydrogens (tertiary/aromatic N) is 4. The van der Waals surface area contributed by atoms with Crippen molar-refractivity contribution < 1.29 is 59.8 Å². The number of carbonyl (C=O) groups excluding carboxylic acids is 3. The lowest BCUT2D eigenvalue weighted by atomic mass is 9.54. The number of phenols is 1. The molecule has 19 nitrogen and oxygen atoms in total. The number of phenolic OH excluding ortho intramolecular Hbond substituents is 1. The van der Waals surface area contributed by atoms with E-state index >= 15 is 0 Å². The number of hydrogen-bond donors (Lipinski definition) is 6. The van der Waals surface area contributed by atoms with E-state index in [0.717, 1.165) is 0 Å². The van der Waals surface area contributed by atoms with E-state index in [1.807, 2.05) is 0 Å². The van der Waals surface area contributed by atoms with E-state index in [1.54, 1.807) is 13.0 Å². The van der Waals surface area contributed by atoms with Gasteiger partial charge in [-0.05, 0) is 31.6 Å². The second-order valence-electron chi connectivity index (χ2n) is 11.3. The molecule has 1 amide bonds. The molecular weight excluding hydrogens is 618 g/mol. The molecule has 1 fully saturated rings. The first-order valence-electron chi connectivity index (χ1n) is 14.0. The summed E-state index contributed by atoms with van der Waals surface area (Å²) in [5.74, 6) is -9.74. The fourth-order valence-corrected chi connectivity index (χ4v) is 6.59. The van der Waals surface area contributed by atoms with Gasteiger partial charge >= 0.3 is 0 Å². The summed E-state index contributed by atoms with van der Waals surface area (Å²) in [4.78, 5) is 73.3. The highest BCUT2D eigenvalue weighted by molar-refractivity contribution is 6.25. The number of aliphatic hydroxyl groups is 4. The Hall–Kier alpha value is -4.85. The molecule has 0 spiro atoms. The Labute approximate surface area is 260 Å². The molecule has 0 heterocycles. The highest BCUT2D eigenvalue weighted by atomic mass is 17.0. The number of hydrogen-bond acceptors (Lipinski definition) is 16. The van der Waals surface area contributed by atoms with E-state index in [9.17, 15) is 60.1 Å². The standard InChI is InChI=1S/C27H33N5O14/c1-12-13-5-4-6-14(33)16(13)21(34)17-15(12)22(35)19-20(29(2)3)23(36)18(25(38)27(19,40)24(17)37)26(39)28-11-30(7-9-45-31(41)42)8-10-46-32(43)44/h4-6,12,15,19-20,22,33-35,38,40H,7-11H2,1-3H3,(H,28,39). The highest BCUT2D eigenvalue weighted by Gasteiger charge is 2.68. The van der Waals surface area contributed by atoms with Crippen molar-refractivity contribution in [3.63, 3.8) is 0 Å². The van der Waals surface area contributed by atoms with Crippen LogP contribution in [0, 0.1) is 32.1 Å². The Bertz CT molecular complexity index is 1510. The summed E-state index contributed by atoms with van der Waals surface area (Å²) in [6.45, 7) is -0.417. The first-order chi connectivity index (χ1) is 21.5. The zero-order chi connectivity index (χ0) is 34.2. The predicted molar refractivity (Wildman–Crippen MR) is 152 cm³/mol. The Morgan fingerprint density at radius 2 is 1.65 bits per heavy atom. The second-order valence-corrected chi connectivity index (χ2v) is 11.3. The van der Waals surface area contributed by atoms with Crippen molar-refractivity contribution in [2.75, 3.05) is 47.1 Å². The fraction of sp³-hybridized carbons (Fsp3) is 0.519. The molecule has 1 aromatic carbocycles. The van der Waals surface area contributed by atoms with Crippen molar-refractivity contribution >= 4 is 23.2 Å².